The maximum Gasteiger partial charge on any atom is 0.224 e. The van der Waals surface area contributed by atoms with Crippen molar-refractivity contribution in [1.29, 1.82) is 0 Å². The lowest BCUT2D eigenvalue weighted by Gasteiger charge is -2.22. The van der Waals surface area contributed by atoms with Crippen molar-refractivity contribution in [2.24, 2.45) is 5.92 Å². The molecule has 5 heteroatoms. The monoisotopic (exact) mass is 368 g/mol. The molecule has 1 saturated carbocycles. The van der Waals surface area contributed by atoms with E-state index < -0.39 is 0 Å². The fraction of sp³-hybridized carbons (Fsp3) is 0.632. The number of benzene rings is 1. The van der Waals surface area contributed by atoms with Gasteiger partial charge in [0.1, 0.15) is 0 Å². The highest BCUT2D eigenvalue weighted by Gasteiger charge is 2.19. The predicted molar refractivity (Wildman–Crippen MR) is 105 cm³/mol. The van der Waals surface area contributed by atoms with Gasteiger partial charge >= 0.3 is 0 Å². The van der Waals surface area contributed by atoms with Gasteiger partial charge in [0.2, 0.25) is 5.91 Å². The van der Waals surface area contributed by atoms with E-state index >= 15 is 0 Å². The van der Waals surface area contributed by atoms with Gasteiger partial charge < -0.3 is 10.6 Å². The second-order valence-corrected chi connectivity index (χ2v) is 8.14. The fourth-order valence-electron chi connectivity index (χ4n) is 3.58. The summed E-state index contributed by atoms with van der Waals surface area (Å²) in [5, 5.41) is 7.25. The summed E-state index contributed by atoms with van der Waals surface area (Å²) in [6.07, 6.45) is 9.40. The van der Waals surface area contributed by atoms with Crippen molar-refractivity contribution in [2.45, 2.75) is 61.5 Å². The van der Waals surface area contributed by atoms with Crippen molar-refractivity contribution in [2.75, 3.05) is 18.4 Å². The van der Waals surface area contributed by atoms with Gasteiger partial charge in [0.05, 0.1) is 5.69 Å². The molecule has 0 radical (unpaired) electrons. The molecule has 0 bridgehead atoms. The molecule has 3 nitrogen and oxygen atoms in total. The van der Waals surface area contributed by atoms with Gasteiger partial charge in [0.15, 0.2) is 0 Å². The maximum atomic E-state index is 12.3. The first-order valence-corrected chi connectivity index (χ1v) is 9.95. The van der Waals surface area contributed by atoms with Crippen LogP contribution in [0.1, 0.15) is 51.4 Å². The molecule has 134 valence electrons. The van der Waals surface area contributed by atoms with E-state index in [-0.39, 0.29) is 18.3 Å². The third-order valence-corrected chi connectivity index (χ3v) is 6.41. The van der Waals surface area contributed by atoms with E-state index in [1.807, 2.05) is 23.9 Å². The number of rotatable bonds is 6. The quantitative estimate of drug-likeness (QED) is 0.753. The number of halogens is 1. The van der Waals surface area contributed by atoms with Crippen LogP contribution in [0.2, 0.25) is 0 Å². The summed E-state index contributed by atoms with van der Waals surface area (Å²) in [6.45, 7) is 2.21. The third kappa shape index (κ3) is 5.98. The molecule has 2 aliphatic rings. The third-order valence-electron chi connectivity index (χ3n) is 5.00. The molecule has 0 unspecified atom stereocenters. The van der Waals surface area contributed by atoms with Crippen molar-refractivity contribution < 1.29 is 4.79 Å². The highest BCUT2D eigenvalue weighted by molar-refractivity contribution is 8.00. The minimum absolute atomic E-state index is 0. The summed E-state index contributed by atoms with van der Waals surface area (Å²) in [7, 11) is 0. The Morgan fingerprint density at radius 3 is 2.58 bits per heavy atom. The van der Waals surface area contributed by atoms with Crippen LogP contribution in [0.5, 0.6) is 0 Å². The van der Waals surface area contributed by atoms with E-state index in [4.69, 9.17) is 0 Å². The van der Waals surface area contributed by atoms with E-state index in [1.54, 1.807) is 0 Å². The van der Waals surface area contributed by atoms with Crippen molar-refractivity contribution in [1.82, 2.24) is 5.32 Å². The normalized spacial score (nSPS) is 19.0. The molecule has 1 amide bonds. The van der Waals surface area contributed by atoms with Gasteiger partial charge in [-0.15, -0.1) is 24.2 Å². The Balaban J connectivity index is 0.00000208. The Morgan fingerprint density at radius 1 is 1.12 bits per heavy atom. The van der Waals surface area contributed by atoms with E-state index in [9.17, 15) is 4.79 Å². The SMILES string of the molecule is Cl.O=C(CCC1CCNCC1)Nc1ccccc1SC1CCCC1. The van der Waals surface area contributed by atoms with Crippen LogP contribution < -0.4 is 10.6 Å². The topological polar surface area (TPSA) is 41.1 Å². The van der Waals surface area contributed by atoms with Gasteiger partial charge in [-0.05, 0) is 63.2 Å². The molecular formula is C19H29ClN2OS. The number of hydrogen-bond acceptors (Lipinski definition) is 3. The average Bonchev–Trinajstić information content (AvgIpc) is 3.09. The predicted octanol–water partition coefficient (Wildman–Crippen LogP) is 4.86. The van der Waals surface area contributed by atoms with Crippen LogP contribution in [-0.2, 0) is 4.79 Å². The Kier molecular flexibility index (Phi) is 8.43. The van der Waals surface area contributed by atoms with Crippen molar-refractivity contribution in [3.63, 3.8) is 0 Å². The van der Waals surface area contributed by atoms with Crippen LogP contribution in [-0.4, -0.2) is 24.2 Å². The zero-order chi connectivity index (χ0) is 15.9. The van der Waals surface area contributed by atoms with E-state index in [0.717, 1.165) is 30.4 Å². The van der Waals surface area contributed by atoms with Crippen LogP contribution in [0.25, 0.3) is 0 Å². The van der Waals surface area contributed by atoms with Crippen LogP contribution in [0.15, 0.2) is 29.2 Å². The summed E-state index contributed by atoms with van der Waals surface area (Å²) in [4.78, 5) is 13.5. The van der Waals surface area contributed by atoms with Gasteiger partial charge in [-0.2, -0.15) is 0 Å². The molecule has 2 fully saturated rings. The summed E-state index contributed by atoms with van der Waals surface area (Å²) in [5.41, 5.74) is 1.000. The van der Waals surface area contributed by atoms with Crippen LogP contribution >= 0.6 is 24.2 Å². The zero-order valence-corrected chi connectivity index (χ0v) is 15.9. The largest absolute Gasteiger partial charge is 0.325 e. The Labute approximate surface area is 156 Å². The number of thioether (sulfide) groups is 1. The van der Waals surface area contributed by atoms with Crippen LogP contribution in [0.3, 0.4) is 0 Å². The van der Waals surface area contributed by atoms with Crippen molar-refractivity contribution in [3.05, 3.63) is 24.3 Å². The van der Waals surface area contributed by atoms with Gasteiger partial charge in [0.25, 0.3) is 0 Å². The van der Waals surface area contributed by atoms with Crippen LogP contribution in [0.4, 0.5) is 5.69 Å². The van der Waals surface area contributed by atoms with Gasteiger partial charge in [-0.3, -0.25) is 4.79 Å². The second kappa shape index (κ2) is 10.3. The first-order chi connectivity index (χ1) is 11.3. The number of amides is 1. The van der Waals surface area contributed by atoms with Gasteiger partial charge in [0, 0.05) is 16.6 Å². The first-order valence-electron chi connectivity index (χ1n) is 9.07. The van der Waals surface area contributed by atoms with Gasteiger partial charge in [-0.25, -0.2) is 0 Å². The number of carbonyl (C=O) groups is 1. The molecule has 1 aliphatic carbocycles. The molecule has 1 aliphatic heterocycles. The van der Waals surface area contributed by atoms with E-state index in [0.29, 0.717) is 12.3 Å². The summed E-state index contributed by atoms with van der Waals surface area (Å²) in [6, 6.07) is 8.27. The Bertz CT molecular complexity index is 514. The molecule has 1 saturated heterocycles. The number of para-hydroxylation sites is 1. The number of hydrogen-bond donors (Lipinski definition) is 2. The number of piperidine rings is 1. The van der Waals surface area contributed by atoms with Crippen molar-refractivity contribution >= 4 is 35.8 Å². The summed E-state index contributed by atoms with van der Waals surface area (Å²) >= 11 is 1.94. The second-order valence-electron chi connectivity index (χ2n) is 6.80. The minimum atomic E-state index is 0. The maximum absolute atomic E-state index is 12.3. The average molecular weight is 369 g/mol. The fourth-order valence-corrected chi connectivity index (χ4v) is 4.91. The lowest BCUT2D eigenvalue weighted by Crippen LogP contribution is -2.28. The molecule has 1 aromatic rings. The Morgan fingerprint density at radius 2 is 1.83 bits per heavy atom. The lowest BCUT2D eigenvalue weighted by molar-refractivity contribution is -0.116. The first kappa shape index (κ1) is 19.6. The molecule has 3 rings (SSSR count). The van der Waals surface area contributed by atoms with Crippen LogP contribution in [0, 0.1) is 5.92 Å². The molecule has 1 aromatic carbocycles. The molecule has 0 atom stereocenters. The van der Waals surface area contributed by atoms with Crippen molar-refractivity contribution in [3.8, 4) is 0 Å². The highest BCUT2D eigenvalue weighted by atomic mass is 35.5. The molecule has 0 spiro atoms. The minimum Gasteiger partial charge on any atom is -0.325 e. The smallest absolute Gasteiger partial charge is 0.224 e. The van der Waals surface area contributed by atoms with Gasteiger partial charge in [-0.1, -0.05) is 25.0 Å². The standard InChI is InChI=1S/C19H28N2OS.ClH/c22-19(10-9-15-11-13-20-14-12-15)21-17-7-3-4-8-18(17)23-16-5-1-2-6-16;/h3-4,7-8,15-16,20H,1-2,5-6,9-14H2,(H,21,22);1H. The Hall–Kier alpha value is -0.710. The molecule has 2 N–H and O–H groups in total. The highest BCUT2D eigenvalue weighted by Crippen LogP contribution is 2.38. The van der Waals surface area contributed by atoms with E-state index in [2.05, 4.69) is 22.8 Å². The number of nitrogens with one attached hydrogen (secondary N) is 2. The molecule has 24 heavy (non-hydrogen) atoms. The number of carbonyl (C=O) groups excluding carboxylic acids is 1. The number of anilines is 1. The molecule has 1 heterocycles. The zero-order valence-electron chi connectivity index (χ0n) is 14.3. The molecule has 0 aromatic heterocycles. The molecular weight excluding hydrogens is 340 g/mol. The summed E-state index contributed by atoms with van der Waals surface area (Å²) in [5.74, 6) is 0.883. The van der Waals surface area contributed by atoms with E-state index in [1.165, 1.54) is 43.4 Å². The lowest BCUT2D eigenvalue weighted by atomic mass is 9.93. The summed E-state index contributed by atoms with van der Waals surface area (Å²) < 4.78 is 0.